The summed E-state index contributed by atoms with van der Waals surface area (Å²) in [7, 11) is -3.81. The summed E-state index contributed by atoms with van der Waals surface area (Å²) in [5.41, 5.74) is -0.731. The second-order valence-electron chi connectivity index (χ2n) is 3.78. The van der Waals surface area contributed by atoms with E-state index in [4.69, 9.17) is 4.18 Å². The van der Waals surface area contributed by atoms with Crippen molar-refractivity contribution in [3.63, 3.8) is 0 Å². The van der Waals surface area contributed by atoms with E-state index >= 15 is 0 Å². The zero-order valence-corrected chi connectivity index (χ0v) is 9.48. The van der Waals surface area contributed by atoms with Gasteiger partial charge in [0.25, 0.3) is 0 Å². The maximum absolute atomic E-state index is 11.1. The average molecular weight is 210 g/mol. The molecule has 0 heterocycles. The molecule has 0 saturated carbocycles. The minimum absolute atomic E-state index is 0.189. The van der Waals surface area contributed by atoms with Gasteiger partial charge in [-0.05, 0) is 27.2 Å². The van der Waals surface area contributed by atoms with E-state index in [1.165, 1.54) is 0 Å². The first kappa shape index (κ1) is 12.9. The van der Waals surface area contributed by atoms with E-state index in [9.17, 15) is 8.42 Å². The molecule has 0 amide bonds. The monoisotopic (exact) mass is 210 g/mol. The Morgan fingerprint density at radius 3 is 2.15 bits per heavy atom. The molecule has 0 bridgehead atoms. The van der Waals surface area contributed by atoms with Gasteiger partial charge < -0.3 is 0 Å². The Morgan fingerprint density at radius 1 is 1.23 bits per heavy atom. The molecule has 0 aromatic carbocycles. The normalized spacial score (nSPS) is 13.2. The van der Waals surface area contributed by atoms with Crippen LogP contribution in [0, 0.1) is 0 Å². The van der Waals surface area contributed by atoms with Gasteiger partial charge >= 0.3 is 10.4 Å². The van der Waals surface area contributed by atoms with Gasteiger partial charge in [0, 0.05) is 0 Å². The van der Waals surface area contributed by atoms with E-state index < -0.39 is 16.0 Å². The molecule has 0 aliphatic rings. The molecule has 0 aliphatic carbocycles. The van der Waals surface area contributed by atoms with Gasteiger partial charge in [-0.15, -0.1) is 0 Å². The topological polar surface area (TPSA) is 52.6 Å². The fourth-order valence-electron chi connectivity index (χ4n) is 0.636. The molecule has 0 unspecified atom stereocenters. The second kappa shape index (κ2) is 4.93. The summed E-state index contributed by atoms with van der Waals surface area (Å²) < 4.78 is 31.5. The maximum Gasteiger partial charge on any atom is 0.400 e. The van der Waals surface area contributed by atoms with Crippen molar-refractivity contribution in [1.82, 2.24) is 0 Å². The van der Waals surface area contributed by atoms with Crippen molar-refractivity contribution >= 4 is 10.4 Å². The van der Waals surface area contributed by atoms with Crippen LogP contribution >= 0.6 is 0 Å². The van der Waals surface area contributed by atoms with Crippen LogP contribution in [-0.4, -0.2) is 20.6 Å². The number of unbranched alkanes of at least 4 members (excludes halogenated alkanes) is 1. The van der Waals surface area contributed by atoms with Crippen molar-refractivity contribution in [3.8, 4) is 0 Å². The largest absolute Gasteiger partial charge is 0.400 e. The van der Waals surface area contributed by atoms with Crippen LogP contribution < -0.4 is 0 Å². The third-order valence-electron chi connectivity index (χ3n) is 1.08. The van der Waals surface area contributed by atoms with E-state index in [2.05, 4.69) is 4.18 Å². The standard InChI is InChI=1S/C8H18O4S/c1-5-6-7-11-13(9,10)12-8(2,3)4/h5-7H2,1-4H3. The molecule has 0 spiro atoms. The van der Waals surface area contributed by atoms with Gasteiger partial charge in [-0.1, -0.05) is 13.3 Å². The smallest absolute Gasteiger partial charge is 0.248 e. The predicted molar refractivity (Wildman–Crippen MR) is 50.6 cm³/mol. The minimum Gasteiger partial charge on any atom is -0.248 e. The lowest BCUT2D eigenvalue weighted by molar-refractivity contribution is 0.103. The quantitative estimate of drug-likeness (QED) is 0.650. The van der Waals surface area contributed by atoms with Gasteiger partial charge in [-0.3, -0.25) is 0 Å². The van der Waals surface area contributed by atoms with Crippen molar-refractivity contribution in [2.45, 2.75) is 46.1 Å². The summed E-state index contributed by atoms with van der Waals surface area (Å²) in [6.45, 7) is 7.13. The van der Waals surface area contributed by atoms with Gasteiger partial charge in [0.2, 0.25) is 0 Å². The zero-order valence-electron chi connectivity index (χ0n) is 8.66. The third-order valence-corrected chi connectivity index (χ3v) is 2.24. The first-order valence-electron chi connectivity index (χ1n) is 4.37. The van der Waals surface area contributed by atoms with Crippen molar-refractivity contribution in [2.75, 3.05) is 6.61 Å². The second-order valence-corrected chi connectivity index (χ2v) is 5.00. The fourth-order valence-corrected chi connectivity index (χ4v) is 1.62. The van der Waals surface area contributed by atoms with Gasteiger partial charge in [0.15, 0.2) is 0 Å². The molecular weight excluding hydrogens is 192 g/mol. The molecule has 0 aromatic heterocycles. The van der Waals surface area contributed by atoms with E-state index in [0.717, 1.165) is 6.42 Å². The highest BCUT2D eigenvalue weighted by Crippen LogP contribution is 2.12. The molecule has 0 aromatic rings. The minimum atomic E-state index is -3.81. The Kier molecular flexibility index (Phi) is 4.88. The van der Waals surface area contributed by atoms with Crippen molar-refractivity contribution in [2.24, 2.45) is 0 Å². The predicted octanol–water partition coefficient (Wildman–Crippen LogP) is 1.86. The molecule has 0 fully saturated rings. The summed E-state index contributed by atoms with van der Waals surface area (Å²) in [5, 5.41) is 0. The SMILES string of the molecule is CCCCOS(=O)(=O)OC(C)(C)C. The lowest BCUT2D eigenvalue weighted by Crippen LogP contribution is -2.25. The van der Waals surface area contributed by atoms with Crippen LogP contribution in [0.5, 0.6) is 0 Å². The van der Waals surface area contributed by atoms with Crippen molar-refractivity contribution in [1.29, 1.82) is 0 Å². The number of rotatable bonds is 5. The lowest BCUT2D eigenvalue weighted by Gasteiger charge is -2.17. The molecule has 80 valence electrons. The van der Waals surface area contributed by atoms with Crippen molar-refractivity contribution in [3.05, 3.63) is 0 Å². The lowest BCUT2D eigenvalue weighted by atomic mass is 10.2. The molecule has 0 radical (unpaired) electrons. The number of hydrogen-bond acceptors (Lipinski definition) is 4. The van der Waals surface area contributed by atoms with Crippen LogP contribution in [0.15, 0.2) is 0 Å². The number of hydrogen-bond donors (Lipinski definition) is 0. The van der Waals surface area contributed by atoms with Gasteiger partial charge in [0.05, 0.1) is 12.2 Å². The van der Waals surface area contributed by atoms with E-state index in [1.54, 1.807) is 20.8 Å². The maximum atomic E-state index is 11.1. The molecule has 5 heteroatoms. The first-order chi connectivity index (χ1) is 5.77. The highest BCUT2D eigenvalue weighted by molar-refractivity contribution is 7.81. The van der Waals surface area contributed by atoms with Crippen molar-refractivity contribution < 1.29 is 16.8 Å². The summed E-state index contributed by atoms with van der Waals surface area (Å²) in [6, 6.07) is 0. The van der Waals surface area contributed by atoms with Gasteiger partial charge in [0.1, 0.15) is 0 Å². The average Bonchev–Trinajstić information content (AvgIpc) is 1.81. The van der Waals surface area contributed by atoms with Crippen LogP contribution in [0.3, 0.4) is 0 Å². The van der Waals surface area contributed by atoms with Gasteiger partial charge in [-0.2, -0.15) is 8.42 Å². The summed E-state index contributed by atoms with van der Waals surface area (Å²) in [4.78, 5) is 0. The molecule has 0 N–H and O–H groups in total. The fraction of sp³-hybridized carbons (Fsp3) is 1.00. The highest BCUT2D eigenvalue weighted by atomic mass is 32.3. The zero-order chi connectivity index (χ0) is 10.5. The molecule has 13 heavy (non-hydrogen) atoms. The van der Waals surface area contributed by atoms with Crippen LogP contribution in [0.4, 0.5) is 0 Å². The molecule has 0 rings (SSSR count). The van der Waals surface area contributed by atoms with E-state index in [-0.39, 0.29) is 6.61 Å². The Bertz CT molecular complexity index is 225. The van der Waals surface area contributed by atoms with E-state index in [0.29, 0.717) is 6.42 Å². The van der Waals surface area contributed by atoms with Crippen LogP contribution in [-0.2, 0) is 18.8 Å². The molecule has 0 aliphatic heterocycles. The summed E-state index contributed by atoms with van der Waals surface area (Å²) in [5.74, 6) is 0. The van der Waals surface area contributed by atoms with Crippen LogP contribution in [0.1, 0.15) is 40.5 Å². The van der Waals surface area contributed by atoms with Gasteiger partial charge in [-0.25, -0.2) is 8.37 Å². The molecule has 0 atom stereocenters. The van der Waals surface area contributed by atoms with Crippen LogP contribution in [0.2, 0.25) is 0 Å². The Balaban J connectivity index is 3.96. The first-order valence-corrected chi connectivity index (χ1v) is 5.70. The molecule has 4 nitrogen and oxygen atoms in total. The Morgan fingerprint density at radius 2 is 1.77 bits per heavy atom. The molecular formula is C8H18O4S. The van der Waals surface area contributed by atoms with Crippen LogP contribution in [0.25, 0.3) is 0 Å². The highest BCUT2D eigenvalue weighted by Gasteiger charge is 2.22. The molecule has 0 saturated heterocycles. The Hall–Kier alpha value is -0.130. The van der Waals surface area contributed by atoms with E-state index in [1.807, 2.05) is 6.92 Å². The Labute approximate surface area is 80.6 Å². The summed E-state index contributed by atoms with van der Waals surface area (Å²) in [6.07, 6.45) is 1.61. The third kappa shape index (κ3) is 8.21. The summed E-state index contributed by atoms with van der Waals surface area (Å²) >= 11 is 0.